The van der Waals surface area contributed by atoms with Gasteiger partial charge >= 0.3 is 0 Å². The second-order valence-corrected chi connectivity index (χ2v) is 4.86. The van der Waals surface area contributed by atoms with E-state index in [4.69, 9.17) is 11.6 Å². The number of fused-ring (bicyclic) bond motifs is 1. The van der Waals surface area contributed by atoms with Crippen LogP contribution in [0.1, 0.15) is 0 Å². The fourth-order valence-electron chi connectivity index (χ4n) is 1.92. The Balaban J connectivity index is 2.08. The topological polar surface area (TPSA) is 57.8 Å². The molecule has 4 nitrogen and oxygen atoms in total. The minimum Gasteiger partial charge on any atom is -0.323 e. The van der Waals surface area contributed by atoms with Gasteiger partial charge in [0.15, 0.2) is 17.5 Å². The molecule has 0 spiro atoms. The number of anilines is 2. The minimum absolute atomic E-state index is 0.121. The maximum Gasteiger partial charge on any atom is 0.260 e. The number of hydrogen-bond donors (Lipinski definition) is 2. The second kappa shape index (κ2) is 5.34. The molecule has 2 N–H and O–H groups in total. The number of H-pyrrole nitrogens is 1. The highest BCUT2D eigenvalue weighted by atomic mass is 35.5. The Kier molecular flexibility index (Phi) is 3.50. The van der Waals surface area contributed by atoms with E-state index in [-0.39, 0.29) is 17.2 Å². The molecule has 0 fully saturated rings. The maximum atomic E-state index is 13.6. The van der Waals surface area contributed by atoms with E-state index in [1.807, 2.05) is 0 Å². The summed E-state index contributed by atoms with van der Waals surface area (Å²) in [7, 11) is 0. The number of benzene rings is 2. The molecular weight excluding hydrogens is 319 g/mol. The van der Waals surface area contributed by atoms with E-state index in [0.29, 0.717) is 10.4 Å². The standard InChI is InChI=1S/C14H7ClF3N3O/c15-6-1-2-7-10(5-6)20-14(21-13(7)22)19-9-4-3-8(16)11(17)12(9)18/h1-5H,(H2,19,20,21,22). The molecule has 0 unspecified atom stereocenters. The summed E-state index contributed by atoms with van der Waals surface area (Å²) in [5.74, 6) is -4.45. The summed E-state index contributed by atoms with van der Waals surface area (Å²) in [6.07, 6.45) is 0. The predicted molar refractivity (Wildman–Crippen MR) is 77.0 cm³/mol. The van der Waals surface area contributed by atoms with Gasteiger partial charge in [-0.3, -0.25) is 9.78 Å². The van der Waals surface area contributed by atoms with Gasteiger partial charge in [0.1, 0.15) is 0 Å². The van der Waals surface area contributed by atoms with Crippen molar-refractivity contribution in [1.29, 1.82) is 0 Å². The largest absolute Gasteiger partial charge is 0.323 e. The van der Waals surface area contributed by atoms with Crippen LogP contribution in [0.3, 0.4) is 0 Å². The van der Waals surface area contributed by atoms with Crippen molar-refractivity contribution in [3.05, 3.63) is 63.2 Å². The van der Waals surface area contributed by atoms with E-state index < -0.39 is 23.0 Å². The number of aromatic nitrogens is 2. The molecular formula is C14H7ClF3N3O. The van der Waals surface area contributed by atoms with Crippen LogP contribution in [0, 0.1) is 17.5 Å². The molecule has 22 heavy (non-hydrogen) atoms. The average molecular weight is 326 g/mol. The average Bonchev–Trinajstić information content (AvgIpc) is 2.47. The van der Waals surface area contributed by atoms with E-state index in [9.17, 15) is 18.0 Å². The van der Waals surface area contributed by atoms with Crippen molar-refractivity contribution in [2.75, 3.05) is 5.32 Å². The summed E-state index contributed by atoms with van der Waals surface area (Å²) in [6.45, 7) is 0. The summed E-state index contributed by atoms with van der Waals surface area (Å²) >= 11 is 5.82. The second-order valence-electron chi connectivity index (χ2n) is 4.42. The summed E-state index contributed by atoms with van der Waals surface area (Å²) < 4.78 is 39.7. The Bertz CT molecular complexity index is 942. The van der Waals surface area contributed by atoms with Crippen molar-refractivity contribution in [3.63, 3.8) is 0 Å². The van der Waals surface area contributed by atoms with Crippen molar-refractivity contribution in [3.8, 4) is 0 Å². The number of nitrogens with one attached hydrogen (secondary N) is 2. The highest BCUT2D eigenvalue weighted by molar-refractivity contribution is 6.31. The van der Waals surface area contributed by atoms with Gasteiger partial charge in [-0.25, -0.2) is 18.2 Å². The lowest BCUT2D eigenvalue weighted by Gasteiger charge is -2.08. The highest BCUT2D eigenvalue weighted by Crippen LogP contribution is 2.22. The number of halogens is 4. The van der Waals surface area contributed by atoms with E-state index in [1.54, 1.807) is 0 Å². The quantitative estimate of drug-likeness (QED) is 0.706. The summed E-state index contributed by atoms with van der Waals surface area (Å²) in [5, 5.41) is 3.06. The van der Waals surface area contributed by atoms with Crippen molar-refractivity contribution >= 4 is 34.1 Å². The van der Waals surface area contributed by atoms with Crippen LogP contribution < -0.4 is 10.9 Å². The zero-order valence-electron chi connectivity index (χ0n) is 10.8. The fourth-order valence-corrected chi connectivity index (χ4v) is 2.09. The van der Waals surface area contributed by atoms with Crippen molar-refractivity contribution in [1.82, 2.24) is 9.97 Å². The van der Waals surface area contributed by atoms with Crippen molar-refractivity contribution in [2.24, 2.45) is 0 Å². The van der Waals surface area contributed by atoms with Crippen LogP contribution >= 0.6 is 11.6 Å². The van der Waals surface area contributed by atoms with E-state index in [0.717, 1.165) is 12.1 Å². The van der Waals surface area contributed by atoms with Gasteiger partial charge in [-0.05, 0) is 30.3 Å². The van der Waals surface area contributed by atoms with Gasteiger partial charge in [0.25, 0.3) is 5.56 Å². The highest BCUT2D eigenvalue weighted by Gasteiger charge is 2.14. The van der Waals surface area contributed by atoms with Crippen LogP contribution in [0.4, 0.5) is 24.8 Å². The normalized spacial score (nSPS) is 10.9. The molecule has 112 valence electrons. The first-order valence-electron chi connectivity index (χ1n) is 6.06. The maximum absolute atomic E-state index is 13.6. The molecule has 8 heteroatoms. The van der Waals surface area contributed by atoms with Crippen LogP contribution in [0.2, 0.25) is 5.02 Å². The number of rotatable bonds is 2. The lowest BCUT2D eigenvalue weighted by molar-refractivity contribution is 0.449. The lowest BCUT2D eigenvalue weighted by atomic mass is 10.2. The third kappa shape index (κ3) is 2.50. The van der Waals surface area contributed by atoms with Crippen molar-refractivity contribution in [2.45, 2.75) is 0 Å². The van der Waals surface area contributed by atoms with Crippen LogP contribution in [0.15, 0.2) is 35.1 Å². The van der Waals surface area contributed by atoms with E-state index in [1.165, 1.54) is 18.2 Å². The third-order valence-corrected chi connectivity index (χ3v) is 3.19. The van der Waals surface area contributed by atoms with E-state index in [2.05, 4.69) is 15.3 Å². The third-order valence-electron chi connectivity index (χ3n) is 2.96. The van der Waals surface area contributed by atoms with Gasteiger partial charge in [0, 0.05) is 5.02 Å². The Morgan fingerprint density at radius 3 is 2.64 bits per heavy atom. The predicted octanol–water partition coefficient (Wildman–Crippen LogP) is 3.74. The molecule has 0 aliphatic rings. The summed E-state index contributed by atoms with van der Waals surface area (Å²) in [4.78, 5) is 18.3. The van der Waals surface area contributed by atoms with Crippen molar-refractivity contribution < 1.29 is 13.2 Å². The molecule has 1 heterocycles. The Hall–Kier alpha value is -2.54. The first-order chi connectivity index (χ1) is 10.5. The fraction of sp³-hybridized carbons (Fsp3) is 0. The number of nitrogens with zero attached hydrogens (tertiary/aromatic N) is 1. The molecule has 0 aliphatic heterocycles. The Labute approximate surface area is 126 Å². The van der Waals surface area contributed by atoms with Gasteiger partial charge in [0.2, 0.25) is 5.95 Å². The SMILES string of the molecule is O=c1[nH]c(Nc2ccc(F)c(F)c2F)nc2cc(Cl)ccc12. The molecule has 3 aromatic rings. The molecule has 0 amide bonds. The Morgan fingerprint density at radius 2 is 1.86 bits per heavy atom. The van der Waals surface area contributed by atoms with Crippen LogP contribution in [0.25, 0.3) is 10.9 Å². The van der Waals surface area contributed by atoms with Crippen LogP contribution in [-0.2, 0) is 0 Å². The van der Waals surface area contributed by atoms with Gasteiger partial charge in [-0.2, -0.15) is 0 Å². The summed E-state index contributed by atoms with van der Waals surface area (Å²) in [6, 6.07) is 6.24. The molecule has 0 radical (unpaired) electrons. The Morgan fingerprint density at radius 1 is 1.09 bits per heavy atom. The van der Waals surface area contributed by atoms with E-state index >= 15 is 0 Å². The van der Waals surface area contributed by atoms with Gasteiger partial charge in [-0.15, -0.1) is 0 Å². The molecule has 2 aromatic carbocycles. The number of aromatic amines is 1. The monoisotopic (exact) mass is 325 g/mol. The summed E-state index contributed by atoms with van der Waals surface area (Å²) in [5.41, 5.74) is -0.558. The molecule has 0 atom stereocenters. The minimum atomic E-state index is -1.61. The van der Waals surface area contributed by atoms with Gasteiger partial charge in [0.05, 0.1) is 16.6 Å². The first kappa shape index (κ1) is 14.4. The lowest BCUT2D eigenvalue weighted by Crippen LogP contribution is -2.12. The molecule has 0 saturated heterocycles. The smallest absolute Gasteiger partial charge is 0.260 e. The first-order valence-corrected chi connectivity index (χ1v) is 6.43. The molecule has 3 rings (SSSR count). The van der Waals surface area contributed by atoms with Crippen LogP contribution in [0.5, 0.6) is 0 Å². The van der Waals surface area contributed by atoms with Gasteiger partial charge in [-0.1, -0.05) is 11.6 Å². The zero-order valence-corrected chi connectivity index (χ0v) is 11.5. The zero-order chi connectivity index (χ0) is 15.9. The number of hydrogen-bond acceptors (Lipinski definition) is 3. The molecule has 0 aliphatic carbocycles. The molecule has 1 aromatic heterocycles. The van der Waals surface area contributed by atoms with Gasteiger partial charge < -0.3 is 5.32 Å². The molecule has 0 bridgehead atoms. The van der Waals surface area contributed by atoms with Crippen LogP contribution in [-0.4, -0.2) is 9.97 Å². The molecule has 0 saturated carbocycles.